The van der Waals surface area contributed by atoms with Crippen molar-refractivity contribution in [3.63, 3.8) is 0 Å². The summed E-state index contributed by atoms with van der Waals surface area (Å²) in [6.07, 6.45) is 5.49. The predicted octanol–water partition coefficient (Wildman–Crippen LogP) is 2.63. The van der Waals surface area contributed by atoms with Gasteiger partial charge in [0.05, 0.1) is 0 Å². The van der Waals surface area contributed by atoms with Crippen molar-refractivity contribution >= 4 is 5.78 Å². The molecular weight excluding hydrogens is 186 g/mol. The minimum absolute atomic E-state index is 0.212. The van der Waals surface area contributed by atoms with E-state index in [1.165, 1.54) is 0 Å². The highest BCUT2D eigenvalue weighted by molar-refractivity contribution is 5.81. The number of nitrogens with zero attached hydrogens (tertiary/aromatic N) is 1. The smallest absolute Gasteiger partial charge is 0.136 e. The molecule has 2 nitrogen and oxygen atoms in total. The van der Waals surface area contributed by atoms with Crippen molar-refractivity contribution in [1.29, 1.82) is 0 Å². The molecule has 0 spiro atoms. The molecule has 1 aliphatic carbocycles. The van der Waals surface area contributed by atoms with E-state index in [4.69, 9.17) is 0 Å². The van der Waals surface area contributed by atoms with Crippen LogP contribution < -0.4 is 0 Å². The standard InChI is InChI=1S/C13H17NO/c1-10-5-6-13(15)11(8-10)9-12-4-2-3-7-14-12/h2-4,7,10-11H,5-6,8-9H2,1H3/t10-,11-/m0/s1. The van der Waals surface area contributed by atoms with Crippen LogP contribution in [0.3, 0.4) is 0 Å². The topological polar surface area (TPSA) is 30.0 Å². The molecule has 0 amide bonds. The van der Waals surface area contributed by atoms with Crippen LogP contribution >= 0.6 is 0 Å². The Hall–Kier alpha value is -1.18. The number of carbonyl (C=O) groups excluding carboxylic acids is 1. The van der Waals surface area contributed by atoms with Crippen LogP contribution in [0.1, 0.15) is 31.9 Å². The SMILES string of the molecule is C[C@H]1CCC(=O)[C@H](Cc2ccccn2)C1. The van der Waals surface area contributed by atoms with E-state index in [-0.39, 0.29) is 5.92 Å². The van der Waals surface area contributed by atoms with Crippen molar-refractivity contribution in [2.24, 2.45) is 11.8 Å². The molecule has 80 valence electrons. The number of hydrogen-bond acceptors (Lipinski definition) is 2. The van der Waals surface area contributed by atoms with Crippen LogP contribution in [0.2, 0.25) is 0 Å². The van der Waals surface area contributed by atoms with Crippen molar-refractivity contribution in [1.82, 2.24) is 4.98 Å². The third kappa shape index (κ3) is 2.65. The molecule has 1 aromatic rings. The van der Waals surface area contributed by atoms with E-state index in [0.717, 1.165) is 31.4 Å². The fourth-order valence-corrected chi connectivity index (χ4v) is 2.30. The Morgan fingerprint density at radius 2 is 2.33 bits per heavy atom. The minimum Gasteiger partial charge on any atom is -0.299 e. The maximum atomic E-state index is 11.7. The van der Waals surface area contributed by atoms with E-state index in [0.29, 0.717) is 11.7 Å². The molecule has 2 heteroatoms. The van der Waals surface area contributed by atoms with E-state index in [9.17, 15) is 4.79 Å². The van der Waals surface area contributed by atoms with Gasteiger partial charge in [-0.05, 0) is 37.3 Å². The molecule has 0 aromatic carbocycles. The molecule has 0 aliphatic heterocycles. The molecule has 1 fully saturated rings. The van der Waals surface area contributed by atoms with Gasteiger partial charge in [-0.1, -0.05) is 13.0 Å². The minimum atomic E-state index is 0.212. The van der Waals surface area contributed by atoms with Gasteiger partial charge in [-0.2, -0.15) is 0 Å². The van der Waals surface area contributed by atoms with Crippen LogP contribution in [0.5, 0.6) is 0 Å². The molecule has 0 unspecified atom stereocenters. The van der Waals surface area contributed by atoms with Crippen molar-refractivity contribution in [2.45, 2.75) is 32.6 Å². The zero-order chi connectivity index (χ0) is 10.7. The van der Waals surface area contributed by atoms with Gasteiger partial charge >= 0.3 is 0 Å². The average Bonchev–Trinajstić information content (AvgIpc) is 2.25. The maximum absolute atomic E-state index is 11.7. The van der Waals surface area contributed by atoms with Crippen LogP contribution in [-0.4, -0.2) is 10.8 Å². The summed E-state index contributed by atoms with van der Waals surface area (Å²) < 4.78 is 0. The Morgan fingerprint density at radius 1 is 1.47 bits per heavy atom. The van der Waals surface area contributed by atoms with Crippen molar-refractivity contribution in [3.05, 3.63) is 30.1 Å². The molecule has 0 saturated heterocycles. The molecule has 2 rings (SSSR count). The molecule has 0 N–H and O–H groups in total. The largest absolute Gasteiger partial charge is 0.299 e. The molecule has 1 heterocycles. The fraction of sp³-hybridized carbons (Fsp3) is 0.538. The lowest BCUT2D eigenvalue weighted by Gasteiger charge is -2.25. The summed E-state index contributed by atoms with van der Waals surface area (Å²) in [4.78, 5) is 16.0. The second-order valence-electron chi connectivity index (χ2n) is 4.57. The summed E-state index contributed by atoms with van der Waals surface area (Å²) in [6.45, 7) is 2.23. The van der Waals surface area contributed by atoms with Crippen LogP contribution in [0, 0.1) is 11.8 Å². The van der Waals surface area contributed by atoms with Crippen LogP contribution in [0.15, 0.2) is 24.4 Å². The fourth-order valence-electron chi connectivity index (χ4n) is 2.30. The van der Waals surface area contributed by atoms with Gasteiger partial charge in [-0.3, -0.25) is 9.78 Å². The van der Waals surface area contributed by atoms with Crippen molar-refractivity contribution in [3.8, 4) is 0 Å². The number of pyridine rings is 1. The van der Waals surface area contributed by atoms with E-state index in [1.54, 1.807) is 6.20 Å². The van der Waals surface area contributed by atoms with Gasteiger partial charge in [0.1, 0.15) is 5.78 Å². The Kier molecular flexibility index (Phi) is 3.14. The third-order valence-electron chi connectivity index (χ3n) is 3.21. The van der Waals surface area contributed by atoms with Crippen LogP contribution in [-0.2, 0) is 11.2 Å². The van der Waals surface area contributed by atoms with Gasteiger partial charge in [0.15, 0.2) is 0 Å². The lowest BCUT2D eigenvalue weighted by molar-refractivity contribution is -0.125. The van der Waals surface area contributed by atoms with Crippen molar-refractivity contribution < 1.29 is 4.79 Å². The Labute approximate surface area is 90.7 Å². The summed E-state index contributed by atoms with van der Waals surface area (Å²) in [5.74, 6) is 1.33. The molecule has 0 bridgehead atoms. The van der Waals surface area contributed by atoms with Gasteiger partial charge in [-0.15, -0.1) is 0 Å². The van der Waals surface area contributed by atoms with Crippen molar-refractivity contribution in [2.75, 3.05) is 0 Å². The van der Waals surface area contributed by atoms with Gasteiger partial charge in [0.25, 0.3) is 0 Å². The average molecular weight is 203 g/mol. The zero-order valence-electron chi connectivity index (χ0n) is 9.15. The van der Waals surface area contributed by atoms with E-state index >= 15 is 0 Å². The van der Waals surface area contributed by atoms with Crippen LogP contribution in [0.4, 0.5) is 0 Å². The molecule has 1 aliphatic rings. The number of hydrogen-bond donors (Lipinski definition) is 0. The van der Waals surface area contributed by atoms with E-state index < -0.39 is 0 Å². The normalized spacial score (nSPS) is 26.6. The summed E-state index contributed by atoms with van der Waals surface area (Å²) in [7, 11) is 0. The first kappa shape index (κ1) is 10.3. The number of carbonyl (C=O) groups is 1. The third-order valence-corrected chi connectivity index (χ3v) is 3.21. The molecule has 1 aromatic heterocycles. The molecule has 15 heavy (non-hydrogen) atoms. The monoisotopic (exact) mass is 203 g/mol. The van der Waals surface area contributed by atoms with Crippen LogP contribution in [0.25, 0.3) is 0 Å². The summed E-state index contributed by atoms with van der Waals surface area (Å²) in [5.41, 5.74) is 1.05. The lowest BCUT2D eigenvalue weighted by Crippen LogP contribution is -2.25. The highest BCUT2D eigenvalue weighted by Crippen LogP contribution is 2.27. The van der Waals surface area contributed by atoms with Gasteiger partial charge in [0, 0.05) is 24.2 Å². The molecular formula is C13H17NO. The zero-order valence-corrected chi connectivity index (χ0v) is 9.15. The van der Waals surface area contributed by atoms with E-state index in [1.807, 2.05) is 18.2 Å². The summed E-state index contributed by atoms with van der Waals surface area (Å²) >= 11 is 0. The highest BCUT2D eigenvalue weighted by Gasteiger charge is 2.26. The second kappa shape index (κ2) is 4.56. The Balaban J connectivity index is 2.01. The van der Waals surface area contributed by atoms with Gasteiger partial charge in [0.2, 0.25) is 0 Å². The number of Topliss-reactive ketones (excluding diaryl/α,β-unsaturated/α-hetero) is 1. The Morgan fingerprint density at radius 3 is 3.07 bits per heavy atom. The number of rotatable bonds is 2. The Bertz CT molecular complexity index is 334. The molecule has 2 atom stereocenters. The second-order valence-corrected chi connectivity index (χ2v) is 4.57. The summed E-state index contributed by atoms with van der Waals surface area (Å²) in [6, 6.07) is 5.90. The first-order valence-electron chi connectivity index (χ1n) is 5.68. The lowest BCUT2D eigenvalue weighted by atomic mass is 9.79. The number of ketones is 1. The molecule has 0 radical (unpaired) electrons. The predicted molar refractivity (Wildman–Crippen MR) is 59.5 cm³/mol. The van der Waals surface area contributed by atoms with E-state index in [2.05, 4.69) is 11.9 Å². The molecule has 1 saturated carbocycles. The maximum Gasteiger partial charge on any atom is 0.136 e. The van der Waals surface area contributed by atoms with Gasteiger partial charge in [-0.25, -0.2) is 0 Å². The van der Waals surface area contributed by atoms with Gasteiger partial charge < -0.3 is 0 Å². The first-order valence-corrected chi connectivity index (χ1v) is 5.68. The summed E-state index contributed by atoms with van der Waals surface area (Å²) in [5, 5.41) is 0. The number of aromatic nitrogens is 1. The highest BCUT2D eigenvalue weighted by atomic mass is 16.1. The quantitative estimate of drug-likeness (QED) is 0.739. The first-order chi connectivity index (χ1) is 7.25.